The normalized spacial score (nSPS) is 10.8. The summed E-state index contributed by atoms with van der Waals surface area (Å²) in [5.41, 5.74) is 10.2. The van der Waals surface area contributed by atoms with Crippen LogP contribution in [0.5, 0.6) is 0 Å². The van der Waals surface area contributed by atoms with Gasteiger partial charge in [0.1, 0.15) is 0 Å². The first-order valence-corrected chi connectivity index (χ1v) is 6.42. The Morgan fingerprint density at radius 1 is 1.35 bits per heavy atom. The Morgan fingerprint density at radius 2 is 2.12 bits per heavy atom. The molecule has 0 radical (unpaired) electrons. The number of halogens is 1. The molecule has 0 saturated heterocycles. The van der Waals surface area contributed by atoms with Gasteiger partial charge in [-0.25, -0.2) is 4.98 Å². The highest BCUT2D eigenvalue weighted by Gasteiger charge is 2.06. The fourth-order valence-electron chi connectivity index (χ4n) is 1.80. The predicted molar refractivity (Wildman–Crippen MR) is 73.5 cm³/mol. The van der Waals surface area contributed by atoms with Crippen LogP contribution in [-0.2, 0) is 6.42 Å². The maximum atomic E-state index is 5.57. The number of benzene rings is 1. The fourth-order valence-corrected chi connectivity index (χ4v) is 2.37. The van der Waals surface area contributed by atoms with E-state index in [2.05, 4.69) is 50.6 Å². The second-order valence-corrected chi connectivity index (χ2v) is 4.95. The van der Waals surface area contributed by atoms with Gasteiger partial charge in [-0.15, -0.1) is 0 Å². The van der Waals surface area contributed by atoms with E-state index in [0.717, 1.165) is 22.3 Å². The number of rotatable bonds is 3. The van der Waals surface area contributed by atoms with Crippen LogP contribution in [0.1, 0.15) is 17.0 Å². The van der Waals surface area contributed by atoms with Gasteiger partial charge in [0, 0.05) is 15.9 Å². The van der Waals surface area contributed by atoms with Gasteiger partial charge in [0.2, 0.25) is 0 Å². The summed E-state index contributed by atoms with van der Waals surface area (Å²) in [5.74, 6) is 0. The van der Waals surface area contributed by atoms with E-state index < -0.39 is 0 Å². The molecule has 2 N–H and O–H groups in total. The number of nitrogens with zero attached hydrogens (tertiary/aromatic N) is 2. The number of hydrogen-bond donors (Lipinski definition) is 1. The minimum absolute atomic E-state index is 0.668. The lowest BCUT2D eigenvalue weighted by Crippen LogP contribution is -2.04. The molecule has 90 valence electrons. The van der Waals surface area contributed by atoms with Crippen LogP contribution in [0.3, 0.4) is 0 Å². The molecular weight excluding hydrogens is 278 g/mol. The van der Waals surface area contributed by atoms with Crippen LogP contribution in [0.2, 0.25) is 0 Å². The minimum atomic E-state index is 0.668. The van der Waals surface area contributed by atoms with Crippen LogP contribution in [-0.4, -0.2) is 16.1 Å². The maximum Gasteiger partial charge on any atom is 0.0997 e. The van der Waals surface area contributed by atoms with Crippen molar-refractivity contribution < 1.29 is 0 Å². The summed E-state index contributed by atoms with van der Waals surface area (Å²) in [6.07, 6.45) is 2.75. The number of hydrogen-bond acceptors (Lipinski definition) is 2. The lowest BCUT2D eigenvalue weighted by atomic mass is 10.1. The van der Waals surface area contributed by atoms with Crippen molar-refractivity contribution in [1.82, 2.24) is 9.55 Å². The Morgan fingerprint density at radius 3 is 2.65 bits per heavy atom. The third kappa shape index (κ3) is 2.42. The molecule has 1 aromatic heterocycles. The molecule has 3 nitrogen and oxygen atoms in total. The second-order valence-electron chi connectivity index (χ2n) is 4.10. The molecule has 0 amide bonds. The third-order valence-corrected chi connectivity index (χ3v) is 3.72. The zero-order valence-electron chi connectivity index (χ0n) is 10.1. The zero-order valence-corrected chi connectivity index (χ0v) is 11.7. The van der Waals surface area contributed by atoms with Gasteiger partial charge in [0.25, 0.3) is 0 Å². The van der Waals surface area contributed by atoms with E-state index in [1.54, 1.807) is 0 Å². The highest BCUT2D eigenvalue weighted by atomic mass is 79.9. The molecule has 4 heteroatoms. The van der Waals surface area contributed by atoms with Gasteiger partial charge >= 0.3 is 0 Å². The van der Waals surface area contributed by atoms with Gasteiger partial charge in [0.05, 0.1) is 12.0 Å². The highest BCUT2D eigenvalue weighted by Crippen LogP contribution is 2.22. The van der Waals surface area contributed by atoms with Crippen LogP contribution in [0.25, 0.3) is 5.69 Å². The molecule has 0 unspecified atom stereocenters. The maximum absolute atomic E-state index is 5.57. The summed E-state index contributed by atoms with van der Waals surface area (Å²) in [4.78, 5) is 4.31. The molecule has 0 saturated carbocycles. The first kappa shape index (κ1) is 12.3. The van der Waals surface area contributed by atoms with Crippen LogP contribution in [0, 0.1) is 13.8 Å². The van der Waals surface area contributed by atoms with E-state index in [4.69, 9.17) is 5.73 Å². The van der Waals surface area contributed by atoms with Crippen molar-refractivity contribution in [2.45, 2.75) is 20.3 Å². The molecule has 2 aromatic rings. The van der Waals surface area contributed by atoms with Gasteiger partial charge in [0.15, 0.2) is 0 Å². The first-order chi connectivity index (χ1) is 8.13. The van der Waals surface area contributed by atoms with Crippen molar-refractivity contribution in [3.63, 3.8) is 0 Å². The van der Waals surface area contributed by atoms with Gasteiger partial charge in [-0.1, -0.05) is 22.0 Å². The molecule has 0 atom stereocenters. The molecule has 0 bridgehead atoms. The monoisotopic (exact) mass is 293 g/mol. The molecule has 2 rings (SSSR count). The summed E-state index contributed by atoms with van der Waals surface area (Å²) in [6.45, 7) is 4.76. The Labute approximate surface area is 110 Å². The van der Waals surface area contributed by atoms with Crippen molar-refractivity contribution in [2.75, 3.05) is 6.54 Å². The summed E-state index contributed by atoms with van der Waals surface area (Å²) < 4.78 is 3.19. The minimum Gasteiger partial charge on any atom is -0.330 e. The topological polar surface area (TPSA) is 43.8 Å². The number of aromatic nitrogens is 2. The predicted octanol–water partition coefficient (Wildman–Crippen LogP) is 2.75. The number of aryl methyl sites for hydroxylation is 1. The average molecular weight is 294 g/mol. The van der Waals surface area contributed by atoms with Gasteiger partial charge in [-0.2, -0.15) is 0 Å². The van der Waals surface area contributed by atoms with Crippen molar-refractivity contribution in [3.8, 4) is 5.69 Å². The quantitative estimate of drug-likeness (QED) is 0.946. The van der Waals surface area contributed by atoms with E-state index in [1.807, 2.05) is 13.3 Å². The van der Waals surface area contributed by atoms with Crippen molar-refractivity contribution >= 4 is 15.9 Å². The standard InChI is InChI=1S/C13H16BrN3/c1-9-10(2)17(8-16-9)12-4-3-11(5-6-15)13(14)7-12/h3-4,7-8H,5-6,15H2,1-2H3. The smallest absolute Gasteiger partial charge is 0.0997 e. The largest absolute Gasteiger partial charge is 0.330 e. The van der Waals surface area contributed by atoms with Gasteiger partial charge in [-0.05, 0) is 44.5 Å². The Balaban J connectivity index is 2.41. The molecule has 0 aliphatic carbocycles. The van der Waals surface area contributed by atoms with Crippen LogP contribution in [0.15, 0.2) is 29.0 Å². The molecule has 0 aliphatic heterocycles. The number of nitrogens with two attached hydrogens (primary N) is 1. The molecule has 0 aliphatic rings. The lowest BCUT2D eigenvalue weighted by Gasteiger charge is -2.09. The van der Waals surface area contributed by atoms with Crippen molar-refractivity contribution in [3.05, 3.63) is 46.0 Å². The fraction of sp³-hybridized carbons (Fsp3) is 0.308. The molecule has 17 heavy (non-hydrogen) atoms. The average Bonchev–Trinajstić information content (AvgIpc) is 2.63. The van der Waals surface area contributed by atoms with Gasteiger partial charge < -0.3 is 10.3 Å². The number of imidazole rings is 1. The molecule has 0 spiro atoms. The van der Waals surface area contributed by atoms with Crippen molar-refractivity contribution in [2.24, 2.45) is 5.73 Å². The summed E-state index contributed by atoms with van der Waals surface area (Å²) in [6, 6.07) is 6.32. The van der Waals surface area contributed by atoms with E-state index >= 15 is 0 Å². The second kappa shape index (κ2) is 5.02. The molecule has 1 aromatic carbocycles. The molecule has 1 heterocycles. The summed E-state index contributed by atoms with van der Waals surface area (Å²) in [7, 11) is 0. The van der Waals surface area contributed by atoms with E-state index in [-0.39, 0.29) is 0 Å². The summed E-state index contributed by atoms with van der Waals surface area (Å²) >= 11 is 3.59. The highest BCUT2D eigenvalue weighted by molar-refractivity contribution is 9.10. The van der Waals surface area contributed by atoms with Crippen LogP contribution >= 0.6 is 15.9 Å². The van der Waals surface area contributed by atoms with E-state index in [9.17, 15) is 0 Å². The van der Waals surface area contributed by atoms with E-state index in [0.29, 0.717) is 6.54 Å². The van der Waals surface area contributed by atoms with E-state index in [1.165, 1.54) is 11.3 Å². The molecular formula is C13H16BrN3. The summed E-state index contributed by atoms with van der Waals surface area (Å²) in [5, 5.41) is 0. The van der Waals surface area contributed by atoms with Crippen LogP contribution in [0.4, 0.5) is 0 Å². The Bertz CT molecular complexity index is 531. The third-order valence-electron chi connectivity index (χ3n) is 2.98. The Hall–Kier alpha value is -1.13. The SMILES string of the molecule is Cc1ncn(-c2ccc(CCN)c(Br)c2)c1C. The zero-order chi connectivity index (χ0) is 12.4. The van der Waals surface area contributed by atoms with Gasteiger partial charge in [-0.3, -0.25) is 0 Å². The van der Waals surface area contributed by atoms with Crippen LogP contribution < -0.4 is 5.73 Å². The first-order valence-electron chi connectivity index (χ1n) is 5.63. The lowest BCUT2D eigenvalue weighted by molar-refractivity contribution is 0.953. The molecule has 0 fully saturated rings. The Kier molecular flexibility index (Phi) is 3.64. The van der Waals surface area contributed by atoms with Crippen molar-refractivity contribution in [1.29, 1.82) is 0 Å².